The predicted molar refractivity (Wildman–Crippen MR) is 132 cm³/mol. The Bertz CT molecular complexity index is 1170. The van der Waals surface area contributed by atoms with Crippen LogP contribution in [0.15, 0.2) is 59.4 Å². The minimum Gasteiger partial charge on any atom is -0.351 e. The molecule has 3 aromatic rings. The highest BCUT2D eigenvalue weighted by Gasteiger charge is 2.31. The SMILES string of the molecule is O=C(C1CCCN(c2nc3ccccc3n(Cc3ccccc3)c2=O)C1)N1CCCCCC1. The van der Waals surface area contributed by atoms with Gasteiger partial charge in [0.1, 0.15) is 0 Å². The van der Waals surface area contributed by atoms with Gasteiger partial charge in [0, 0.05) is 26.2 Å². The molecule has 1 unspecified atom stereocenters. The first-order chi connectivity index (χ1) is 16.2. The standard InChI is InChI=1S/C27H32N4O2/c32-26(29-16-8-1-2-9-17-29)22-13-10-18-30(20-22)25-27(33)31(19-21-11-4-3-5-12-21)24-15-7-6-14-23(24)28-25/h3-7,11-12,14-15,22H,1-2,8-10,13,16-20H2. The maximum Gasteiger partial charge on any atom is 0.294 e. The summed E-state index contributed by atoms with van der Waals surface area (Å²) in [6.45, 7) is 3.57. The van der Waals surface area contributed by atoms with Crippen LogP contribution in [-0.2, 0) is 11.3 Å². The Balaban J connectivity index is 1.46. The van der Waals surface area contributed by atoms with Crippen molar-refractivity contribution in [2.24, 2.45) is 5.92 Å². The molecule has 2 saturated heterocycles. The summed E-state index contributed by atoms with van der Waals surface area (Å²) in [5.74, 6) is 0.664. The molecule has 6 nitrogen and oxygen atoms in total. The van der Waals surface area contributed by atoms with Gasteiger partial charge >= 0.3 is 0 Å². The number of piperidine rings is 1. The molecule has 2 fully saturated rings. The van der Waals surface area contributed by atoms with Gasteiger partial charge in [-0.25, -0.2) is 4.98 Å². The monoisotopic (exact) mass is 444 g/mol. The number of likely N-dealkylation sites (tertiary alicyclic amines) is 1. The first-order valence-corrected chi connectivity index (χ1v) is 12.3. The van der Waals surface area contributed by atoms with Crippen LogP contribution in [0.3, 0.4) is 0 Å². The van der Waals surface area contributed by atoms with Crippen molar-refractivity contribution in [1.29, 1.82) is 0 Å². The van der Waals surface area contributed by atoms with E-state index in [2.05, 4.69) is 9.80 Å². The Labute approximate surface area is 194 Å². The summed E-state index contributed by atoms with van der Waals surface area (Å²) >= 11 is 0. The van der Waals surface area contributed by atoms with Crippen LogP contribution in [0.1, 0.15) is 44.1 Å². The first kappa shape index (κ1) is 21.7. The number of anilines is 1. The van der Waals surface area contributed by atoms with Crippen LogP contribution in [0.4, 0.5) is 5.82 Å². The van der Waals surface area contributed by atoms with Crippen molar-refractivity contribution in [3.63, 3.8) is 0 Å². The zero-order chi connectivity index (χ0) is 22.6. The second-order valence-corrected chi connectivity index (χ2v) is 9.33. The van der Waals surface area contributed by atoms with Crippen molar-refractivity contribution in [2.75, 3.05) is 31.1 Å². The predicted octanol–water partition coefficient (Wildman–Crippen LogP) is 4.06. The van der Waals surface area contributed by atoms with Crippen LogP contribution in [0.2, 0.25) is 0 Å². The van der Waals surface area contributed by atoms with Gasteiger partial charge in [-0.15, -0.1) is 0 Å². The molecule has 33 heavy (non-hydrogen) atoms. The van der Waals surface area contributed by atoms with E-state index in [1.165, 1.54) is 12.8 Å². The van der Waals surface area contributed by atoms with Gasteiger partial charge < -0.3 is 9.80 Å². The van der Waals surface area contributed by atoms with Crippen molar-refractivity contribution in [2.45, 2.75) is 45.1 Å². The van der Waals surface area contributed by atoms with E-state index in [4.69, 9.17) is 4.98 Å². The van der Waals surface area contributed by atoms with Crippen LogP contribution in [0, 0.1) is 5.92 Å². The number of fused-ring (bicyclic) bond motifs is 1. The maximum atomic E-state index is 13.7. The molecule has 2 aliphatic rings. The molecule has 172 valence electrons. The van der Waals surface area contributed by atoms with E-state index in [0.29, 0.717) is 18.9 Å². The average Bonchev–Trinajstić information content (AvgIpc) is 3.15. The van der Waals surface area contributed by atoms with E-state index in [1.54, 1.807) is 0 Å². The Morgan fingerprint density at radius 1 is 0.879 bits per heavy atom. The molecule has 0 radical (unpaired) electrons. The van der Waals surface area contributed by atoms with Crippen LogP contribution in [0.5, 0.6) is 0 Å². The van der Waals surface area contributed by atoms with E-state index in [1.807, 2.05) is 59.2 Å². The van der Waals surface area contributed by atoms with Gasteiger partial charge in [0.05, 0.1) is 23.5 Å². The van der Waals surface area contributed by atoms with E-state index >= 15 is 0 Å². The normalized spacial score (nSPS) is 19.5. The first-order valence-electron chi connectivity index (χ1n) is 12.3. The smallest absolute Gasteiger partial charge is 0.294 e. The van der Waals surface area contributed by atoms with Crippen molar-refractivity contribution >= 4 is 22.8 Å². The summed E-state index contributed by atoms with van der Waals surface area (Å²) in [6, 6.07) is 17.9. The molecule has 0 aliphatic carbocycles. The number of carbonyl (C=O) groups is 1. The lowest BCUT2D eigenvalue weighted by Gasteiger charge is -2.35. The lowest BCUT2D eigenvalue weighted by atomic mass is 9.96. The van der Waals surface area contributed by atoms with Gasteiger partial charge in [-0.3, -0.25) is 14.2 Å². The summed E-state index contributed by atoms with van der Waals surface area (Å²) < 4.78 is 1.83. The molecule has 0 spiro atoms. The molecule has 1 aromatic heterocycles. The van der Waals surface area contributed by atoms with E-state index in [-0.39, 0.29) is 17.4 Å². The fraction of sp³-hybridized carbons (Fsp3) is 0.444. The van der Waals surface area contributed by atoms with Crippen molar-refractivity contribution < 1.29 is 4.79 Å². The van der Waals surface area contributed by atoms with Gasteiger partial charge in [0.2, 0.25) is 5.91 Å². The highest BCUT2D eigenvalue weighted by molar-refractivity contribution is 5.80. The highest BCUT2D eigenvalue weighted by atomic mass is 16.2. The number of benzene rings is 2. The molecule has 2 aliphatic heterocycles. The number of rotatable bonds is 4. The van der Waals surface area contributed by atoms with Crippen LogP contribution >= 0.6 is 0 Å². The molecule has 1 atom stereocenters. The van der Waals surface area contributed by atoms with Crippen LogP contribution < -0.4 is 10.5 Å². The second kappa shape index (κ2) is 9.77. The topological polar surface area (TPSA) is 58.4 Å². The molecule has 3 heterocycles. The number of hydrogen-bond acceptors (Lipinski definition) is 4. The minimum atomic E-state index is -0.0829. The molecule has 0 N–H and O–H groups in total. The number of para-hydroxylation sites is 2. The quantitative estimate of drug-likeness (QED) is 0.609. The molecule has 6 heteroatoms. The number of hydrogen-bond donors (Lipinski definition) is 0. The van der Waals surface area contributed by atoms with Crippen molar-refractivity contribution in [3.05, 3.63) is 70.5 Å². The summed E-state index contributed by atoms with van der Waals surface area (Å²) in [6.07, 6.45) is 6.40. The zero-order valence-electron chi connectivity index (χ0n) is 19.2. The summed E-state index contributed by atoms with van der Waals surface area (Å²) in [5, 5.41) is 0. The molecular weight excluding hydrogens is 412 g/mol. The van der Waals surface area contributed by atoms with E-state index < -0.39 is 0 Å². The molecule has 5 rings (SSSR count). The summed E-state index contributed by atoms with van der Waals surface area (Å²) in [4.78, 5) is 35.9. The van der Waals surface area contributed by atoms with Gasteiger partial charge in [0.25, 0.3) is 5.56 Å². The van der Waals surface area contributed by atoms with Gasteiger partial charge in [0.15, 0.2) is 5.82 Å². The van der Waals surface area contributed by atoms with E-state index in [9.17, 15) is 9.59 Å². The third-order valence-corrected chi connectivity index (χ3v) is 7.01. The fourth-order valence-corrected chi connectivity index (χ4v) is 5.23. The zero-order valence-corrected chi connectivity index (χ0v) is 19.2. The number of aromatic nitrogens is 2. The lowest BCUT2D eigenvalue weighted by molar-refractivity contribution is -0.135. The Morgan fingerprint density at radius 2 is 1.61 bits per heavy atom. The maximum absolute atomic E-state index is 13.7. The number of carbonyl (C=O) groups excluding carboxylic acids is 1. The minimum absolute atomic E-state index is 0.0629. The third kappa shape index (κ3) is 4.65. The molecular formula is C27H32N4O2. The third-order valence-electron chi connectivity index (χ3n) is 7.01. The highest BCUT2D eigenvalue weighted by Crippen LogP contribution is 2.24. The second-order valence-electron chi connectivity index (χ2n) is 9.33. The van der Waals surface area contributed by atoms with Crippen LogP contribution in [-0.4, -0.2) is 46.5 Å². The van der Waals surface area contributed by atoms with Gasteiger partial charge in [-0.05, 0) is 43.4 Å². The van der Waals surface area contributed by atoms with Crippen molar-refractivity contribution in [3.8, 4) is 0 Å². The molecule has 0 saturated carbocycles. The van der Waals surface area contributed by atoms with Gasteiger partial charge in [-0.2, -0.15) is 0 Å². The van der Waals surface area contributed by atoms with E-state index in [0.717, 1.165) is 61.9 Å². The largest absolute Gasteiger partial charge is 0.351 e. The van der Waals surface area contributed by atoms with Crippen LogP contribution in [0.25, 0.3) is 11.0 Å². The molecule has 1 amide bonds. The Hall–Kier alpha value is -3.15. The Kier molecular flexibility index (Phi) is 6.42. The molecule has 0 bridgehead atoms. The summed E-state index contributed by atoms with van der Waals surface area (Å²) in [5.41, 5.74) is 2.64. The molecule has 2 aromatic carbocycles. The van der Waals surface area contributed by atoms with Gasteiger partial charge in [-0.1, -0.05) is 55.3 Å². The average molecular weight is 445 g/mol. The van der Waals surface area contributed by atoms with Crippen molar-refractivity contribution in [1.82, 2.24) is 14.5 Å². The number of nitrogens with zero attached hydrogens (tertiary/aromatic N) is 4. The fourth-order valence-electron chi connectivity index (χ4n) is 5.23. The Morgan fingerprint density at radius 3 is 2.39 bits per heavy atom. The lowest BCUT2D eigenvalue weighted by Crippen LogP contribution is -2.47. The number of amides is 1. The summed E-state index contributed by atoms with van der Waals surface area (Å²) in [7, 11) is 0.